The number of benzene rings is 2. The molecule has 4 N–H and O–H groups in total. The Bertz CT molecular complexity index is 1040. The van der Waals surface area contributed by atoms with Crippen molar-refractivity contribution in [3.05, 3.63) is 75.1 Å². The predicted octanol–water partition coefficient (Wildman–Crippen LogP) is 1.96. The molecule has 0 aliphatic heterocycles. The fourth-order valence-electron chi connectivity index (χ4n) is 1.94. The number of nitrogens with one attached hydrogen (secondary N) is 2. The third-order valence-electron chi connectivity index (χ3n) is 2.97. The van der Waals surface area contributed by atoms with Crippen LogP contribution in [0.2, 0.25) is 0 Å². The summed E-state index contributed by atoms with van der Waals surface area (Å²) in [6.07, 6.45) is -1.28. The monoisotopic (exact) mass is 344 g/mol. The van der Waals surface area contributed by atoms with Gasteiger partial charge in [-0.2, -0.15) is 0 Å². The molecule has 1 amide bonds. The van der Waals surface area contributed by atoms with Crippen LogP contribution in [0.15, 0.2) is 62.5 Å². The first kappa shape index (κ1) is 17.5. The van der Waals surface area contributed by atoms with Gasteiger partial charge in [0.05, 0.1) is 22.2 Å². The van der Waals surface area contributed by atoms with Crippen LogP contribution in [0.5, 0.6) is 0 Å². The fourth-order valence-corrected chi connectivity index (χ4v) is 1.94. The summed E-state index contributed by atoms with van der Waals surface area (Å²) in [5.41, 5.74) is -0.0968. The molecular weight excluding hydrogens is 332 g/mol. The first-order chi connectivity index (χ1) is 11.9. The lowest BCUT2D eigenvalue weighted by atomic mass is 10.2. The highest BCUT2D eigenvalue weighted by atomic mass is 16.4. The molecule has 9 nitrogen and oxygen atoms in total. The Morgan fingerprint density at radius 2 is 1.60 bits per heavy atom. The molecule has 9 heteroatoms. The molecule has 0 atom stereocenters. The van der Waals surface area contributed by atoms with Gasteiger partial charge in [-0.05, 0) is 24.3 Å². The van der Waals surface area contributed by atoms with Gasteiger partial charge in [-0.15, -0.1) is 0 Å². The summed E-state index contributed by atoms with van der Waals surface area (Å²) in [6, 6.07) is 12.5. The Morgan fingerprint density at radius 1 is 0.960 bits per heavy atom. The van der Waals surface area contributed by atoms with E-state index in [1.54, 1.807) is 30.3 Å². The van der Waals surface area contributed by atoms with Gasteiger partial charge in [0.25, 0.3) is 0 Å². The summed E-state index contributed by atoms with van der Waals surface area (Å²) >= 11 is 0. The second-order valence-electron chi connectivity index (χ2n) is 4.63. The number of fused-ring (bicyclic) bond motifs is 1. The van der Waals surface area contributed by atoms with E-state index in [1.807, 2.05) is 5.32 Å². The minimum atomic E-state index is -1.28. The standard InChI is InChI=1S/C8H7NO4.C8H5NO3/c10-7(11)5-3-1-2-4-6(5)9-8(12)13;10-7-5-3-1-2-4-6(5)9-8(11)12-7/h1-4,9H,(H,10,11)(H,12,13);1-4H,(H,9,11). The molecule has 1 heterocycles. The van der Waals surface area contributed by atoms with E-state index in [9.17, 15) is 19.2 Å². The SMILES string of the molecule is O=C(O)Nc1ccccc1C(=O)O.O=c1[nH]c2ccccc2c(=O)o1. The summed E-state index contributed by atoms with van der Waals surface area (Å²) in [7, 11) is 0. The fraction of sp³-hybridized carbons (Fsp3) is 0. The highest BCUT2D eigenvalue weighted by Gasteiger charge is 2.09. The number of aromatic amines is 1. The molecule has 0 saturated carbocycles. The lowest BCUT2D eigenvalue weighted by Gasteiger charge is -2.03. The number of hydrogen-bond acceptors (Lipinski definition) is 5. The van der Waals surface area contributed by atoms with E-state index in [1.165, 1.54) is 18.2 Å². The molecule has 3 aromatic rings. The number of rotatable bonds is 2. The van der Waals surface area contributed by atoms with Gasteiger partial charge in [-0.25, -0.2) is 19.2 Å². The van der Waals surface area contributed by atoms with Gasteiger partial charge >= 0.3 is 23.4 Å². The molecule has 128 valence electrons. The van der Waals surface area contributed by atoms with Crippen LogP contribution >= 0.6 is 0 Å². The maximum Gasteiger partial charge on any atom is 0.419 e. The van der Waals surface area contributed by atoms with E-state index in [-0.39, 0.29) is 11.3 Å². The highest BCUT2D eigenvalue weighted by Crippen LogP contribution is 2.14. The topological polar surface area (TPSA) is 150 Å². The highest BCUT2D eigenvalue weighted by molar-refractivity contribution is 5.98. The van der Waals surface area contributed by atoms with Gasteiger partial charge in [-0.3, -0.25) is 10.3 Å². The average molecular weight is 344 g/mol. The lowest BCUT2D eigenvalue weighted by molar-refractivity contribution is 0.0698. The van der Waals surface area contributed by atoms with Crippen LogP contribution in [-0.4, -0.2) is 27.3 Å². The minimum absolute atomic E-state index is 0.0649. The molecule has 0 spiro atoms. The summed E-state index contributed by atoms with van der Waals surface area (Å²) in [5, 5.41) is 19.4. The predicted molar refractivity (Wildman–Crippen MR) is 88.2 cm³/mol. The van der Waals surface area contributed by atoms with Crippen LogP contribution in [0.1, 0.15) is 10.4 Å². The third-order valence-corrected chi connectivity index (χ3v) is 2.97. The maximum absolute atomic E-state index is 11.0. The second kappa shape index (κ2) is 7.59. The van der Waals surface area contributed by atoms with Gasteiger partial charge in [0, 0.05) is 0 Å². The number of para-hydroxylation sites is 2. The molecule has 3 rings (SSSR count). The number of carboxylic acid groups (broad SMARTS) is 2. The average Bonchev–Trinajstić information content (AvgIpc) is 2.55. The summed E-state index contributed by atoms with van der Waals surface area (Å²) in [5.74, 6) is -1.89. The Balaban J connectivity index is 0.000000181. The molecule has 0 bridgehead atoms. The van der Waals surface area contributed by atoms with Gasteiger partial charge in [0.15, 0.2) is 0 Å². The number of amides is 1. The zero-order chi connectivity index (χ0) is 18.4. The minimum Gasteiger partial charge on any atom is -0.478 e. The molecule has 0 radical (unpaired) electrons. The van der Waals surface area contributed by atoms with Crippen molar-refractivity contribution < 1.29 is 24.2 Å². The Morgan fingerprint density at radius 3 is 2.28 bits per heavy atom. The van der Waals surface area contributed by atoms with E-state index in [2.05, 4.69) is 9.40 Å². The first-order valence-electron chi connectivity index (χ1n) is 6.83. The Hall–Kier alpha value is -3.88. The normalized spacial score (nSPS) is 9.76. The summed E-state index contributed by atoms with van der Waals surface area (Å²) in [4.78, 5) is 44.9. The Kier molecular flexibility index (Phi) is 5.31. The number of anilines is 1. The molecule has 0 saturated heterocycles. The molecule has 25 heavy (non-hydrogen) atoms. The van der Waals surface area contributed by atoms with E-state index in [0.29, 0.717) is 10.9 Å². The zero-order valence-corrected chi connectivity index (χ0v) is 12.6. The van der Waals surface area contributed by atoms with Gasteiger partial charge in [-0.1, -0.05) is 24.3 Å². The number of hydrogen-bond donors (Lipinski definition) is 4. The van der Waals surface area contributed by atoms with Crippen LogP contribution in [0.3, 0.4) is 0 Å². The number of aromatic nitrogens is 1. The smallest absolute Gasteiger partial charge is 0.419 e. The van der Waals surface area contributed by atoms with Crippen LogP contribution in [0, 0.1) is 0 Å². The van der Waals surface area contributed by atoms with E-state index in [0.717, 1.165) is 0 Å². The van der Waals surface area contributed by atoms with Gasteiger partial charge in [0.1, 0.15) is 0 Å². The van der Waals surface area contributed by atoms with Crippen molar-refractivity contribution >= 4 is 28.7 Å². The van der Waals surface area contributed by atoms with Crippen molar-refractivity contribution in [1.82, 2.24) is 4.98 Å². The van der Waals surface area contributed by atoms with Crippen LogP contribution in [0.25, 0.3) is 10.9 Å². The second-order valence-corrected chi connectivity index (χ2v) is 4.63. The van der Waals surface area contributed by atoms with Crippen LogP contribution in [0.4, 0.5) is 10.5 Å². The van der Waals surface area contributed by atoms with Crippen LogP contribution < -0.4 is 16.7 Å². The van der Waals surface area contributed by atoms with Crippen molar-refractivity contribution in [3.8, 4) is 0 Å². The van der Waals surface area contributed by atoms with Crippen LogP contribution in [-0.2, 0) is 0 Å². The quantitative estimate of drug-likeness (QED) is 0.555. The Labute approximate surface area is 139 Å². The molecular formula is C16H12N2O7. The summed E-state index contributed by atoms with van der Waals surface area (Å²) < 4.78 is 4.32. The van der Waals surface area contributed by atoms with Gasteiger partial charge in [0.2, 0.25) is 0 Å². The maximum atomic E-state index is 11.0. The molecule has 1 aromatic heterocycles. The zero-order valence-electron chi connectivity index (χ0n) is 12.6. The number of carboxylic acids is 1. The van der Waals surface area contributed by atoms with E-state index < -0.39 is 23.4 Å². The van der Waals surface area contributed by atoms with Crippen molar-refractivity contribution in [2.24, 2.45) is 0 Å². The van der Waals surface area contributed by atoms with Crippen molar-refractivity contribution in [3.63, 3.8) is 0 Å². The van der Waals surface area contributed by atoms with Crippen molar-refractivity contribution in [1.29, 1.82) is 0 Å². The number of aromatic carboxylic acids is 1. The summed E-state index contributed by atoms with van der Waals surface area (Å²) in [6.45, 7) is 0. The largest absolute Gasteiger partial charge is 0.478 e. The third kappa shape index (κ3) is 4.55. The molecule has 2 aromatic carbocycles. The number of carbonyl (C=O) groups is 2. The molecule has 0 aliphatic carbocycles. The lowest BCUT2D eigenvalue weighted by Crippen LogP contribution is -2.13. The molecule has 0 fully saturated rings. The molecule has 0 unspecified atom stereocenters. The van der Waals surface area contributed by atoms with E-state index in [4.69, 9.17) is 10.2 Å². The first-order valence-corrected chi connectivity index (χ1v) is 6.83. The molecule has 0 aliphatic rings. The van der Waals surface area contributed by atoms with Gasteiger partial charge < -0.3 is 14.6 Å². The van der Waals surface area contributed by atoms with Crippen molar-refractivity contribution in [2.75, 3.05) is 5.32 Å². The van der Waals surface area contributed by atoms with Crippen molar-refractivity contribution in [2.45, 2.75) is 0 Å². The number of H-pyrrole nitrogens is 1. The van der Waals surface area contributed by atoms with E-state index >= 15 is 0 Å².